The number of esters is 1. The van der Waals surface area contributed by atoms with Crippen molar-refractivity contribution in [3.8, 4) is 5.75 Å². The third kappa shape index (κ3) is 5.03. The maximum atomic E-state index is 13.0. The van der Waals surface area contributed by atoms with Gasteiger partial charge in [0.05, 0.1) is 34.0 Å². The van der Waals surface area contributed by atoms with E-state index < -0.39 is 18.0 Å². The summed E-state index contributed by atoms with van der Waals surface area (Å²) in [6.07, 6.45) is 0. The van der Waals surface area contributed by atoms with E-state index in [9.17, 15) is 9.59 Å². The average molecular weight is 477 g/mol. The second-order valence-electron chi connectivity index (χ2n) is 7.68. The van der Waals surface area contributed by atoms with E-state index >= 15 is 0 Å². The second kappa shape index (κ2) is 10.3. The lowest BCUT2D eigenvalue weighted by molar-refractivity contribution is -0.139. The van der Waals surface area contributed by atoms with Gasteiger partial charge in [-0.15, -0.1) is 0 Å². The van der Waals surface area contributed by atoms with Crippen LogP contribution in [-0.2, 0) is 9.53 Å². The molecule has 0 unspecified atom stereocenters. The first-order valence-corrected chi connectivity index (χ1v) is 11.1. The topological polar surface area (TPSA) is 67.9 Å². The third-order valence-corrected chi connectivity index (χ3v) is 6.12. The molecule has 1 aliphatic heterocycles. The third-order valence-electron chi connectivity index (χ3n) is 5.29. The van der Waals surface area contributed by atoms with Crippen LogP contribution in [0.25, 0.3) is 0 Å². The van der Waals surface area contributed by atoms with Gasteiger partial charge in [0.1, 0.15) is 12.4 Å². The average Bonchev–Trinajstić information content (AvgIpc) is 2.76. The van der Waals surface area contributed by atoms with E-state index in [1.807, 2.05) is 24.3 Å². The fraction of sp³-hybridized carbons (Fsp3) is 0.333. The van der Waals surface area contributed by atoms with Crippen LogP contribution < -0.4 is 10.1 Å². The van der Waals surface area contributed by atoms with Crippen molar-refractivity contribution in [2.45, 2.75) is 32.7 Å². The molecule has 2 aromatic carbocycles. The largest absolute Gasteiger partial charge is 0.487 e. The second-order valence-corrected chi connectivity index (χ2v) is 8.46. The number of nitrogens with zero attached hydrogens (tertiary/aromatic N) is 1. The molecular weight excluding hydrogens is 451 g/mol. The molecule has 32 heavy (non-hydrogen) atoms. The Morgan fingerprint density at radius 2 is 1.84 bits per heavy atom. The number of benzene rings is 2. The van der Waals surface area contributed by atoms with Gasteiger partial charge < -0.3 is 14.8 Å². The van der Waals surface area contributed by atoms with Crippen molar-refractivity contribution >= 4 is 35.2 Å². The maximum Gasteiger partial charge on any atom is 0.338 e. The molecule has 2 aromatic rings. The number of likely N-dealkylation sites (N-methyl/N-ethyl adjacent to an activating group) is 1. The molecule has 3 rings (SSSR count). The Labute approximate surface area is 198 Å². The Hall–Kier alpha value is -2.70. The molecule has 2 amide bonds. The van der Waals surface area contributed by atoms with Gasteiger partial charge in [0, 0.05) is 7.05 Å². The lowest BCUT2D eigenvalue weighted by Gasteiger charge is -2.34. The highest BCUT2D eigenvalue weighted by molar-refractivity contribution is 6.42. The predicted molar refractivity (Wildman–Crippen MR) is 125 cm³/mol. The van der Waals surface area contributed by atoms with E-state index in [0.29, 0.717) is 28.0 Å². The molecule has 0 radical (unpaired) electrons. The number of amides is 2. The molecule has 0 spiro atoms. The number of carbonyl (C=O) groups excluding carboxylic acids is 2. The molecule has 0 saturated heterocycles. The summed E-state index contributed by atoms with van der Waals surface area (Å²) in [5.41, 5.74) is 2.33. The van der Waals surface area contributed by atoms with Crippen molar-refractivity contribution in [1.82, 2.24) is 10.2 Å². The van der Waals surface area contributed by atoms with Crippen LogP contribution in [0.15, 0.2) is 53.7 Å². The van der Waals surface area contributed by atoms with Crippen molar-refractivity contribution in [2.24, 2.45) is 0 Å². The summed E-state index contributed by atoms with van der Waals surface area (Å²) in [7, 11) is 1.57. The monoisotopic (exact) mass is 476 g/mol. The Kier molecular flexibility index (Phi) is 7.69. The molecule has 0 fully saturated rings. The molecule has 0 bridgehead atoms. The fourth-order valence-electron chi connectivity index (χ4n) is 3.46. The molecule has 8 heteroatoms. The van der Waals surface area contributed by atoms with Crippen molar-refractivity contribution in [1.29, 1.82) is 0 Å². The van der Waals surface area contributed by atoms with E-state index in [1.165, 1.54) is 10.5 Å². The smallest absolute Gasteiger partial charge is 0.338 e. The minimum atomic E-state index is -0.828. The van der Waals surface area contributed by atoms with E-state index in [4.69, 9.17) is 32.7 Å². The van der Waals surface area contributed by atoms with Gasteiger partial charge in [0.2, 0.25) is 0 Å². The molecule has 1 N–H and O–H groups in total. The number of hydrogen-bond acceptors (Lipinski definition) is 4. The molecule has 1 aliphatic rings. The van der Waals surface area contributed by atoms with E-state index in [-0.39, 0.29) is 23.8 Å². The highest BCUT2D eigenvalue weighted by Crippen LogP contribution is 2.37. The first kappa shape index (κ1) is 24.0. The standard InChI is InChI=1S/C24H26Cl2N2O4/c1-5-31-23(29)20-19(13-32-16-11-9-15(10-12-16)14(2)3)28(4)24(30)27-22(20)17-7-6-8-18(25)21(17)26/h6-12,14,22H,5,13H2,1-4H3,(H,27,30)/t22-/m0/s1. The van der Waals surface area contributed by atoms with E-state index in [1.54, 1.807) is 32.2 Å². The van der Waals surface area contributed by atoms with Crippen LogP contribution >= 0.6 is 23.2 Å². The predicted octanol–water partition coefficient (Wildman–Crippen LogP) is 5.71. The van der Waals surface area contributed by atoms with Gasteiger partial charge in [-0.3, -0.25) is 4.90 Å². The number of halogens is 2. The van der Waals surface area contributed by atoms with Gasteiger partial charge in [-0.1, -0.05) is 61.3 Å². The number of nitrogens with one attached hydrogen (secondary N) is 1. The highest BCUT2D eigenvalue weighted by atomic mass is 35.5. The van der Waals surface area contributed by atoms with E-state index in [0.717, 1.165) is 0 Å². The normalized spacial score (nSPS) is 16.3. The molecular formula is C24H26Cl2N2O4. The molecule has 0 aliphatic carbocycles. The number of hydrogen-bond donors (Lipinski definition) is 1. The first-order chi connectivity index (χ1) is 15.2. The zero-order chi connectivity index (χ0) is 23.4. The maximum absolute atomic E-state index is 13.0. The van der Waals surface area contributed by atoms with Crippen LogP contribution in [0, 0.1) is 0 Å². The molecule has 6 nitrogen and oxygen atoms in total. The summed E-state index contributed by atoms with van der Waals surface area (Å²) < 4.78 is 11.3. The summed E-state index contributed by atoms with van der Waals surface area (Å²) in [6, 6.07) is 11.6. The Morgan fingerprint density at radius 3 is 2.47 bits per heavy atom. The lowest BCUT2D eigenvalue weighted by Crippen LogP contribution is -2.48. The molecule has 170 valence electrons. The Morgan fingerprint density at radius 1 is 1.16 bits per heavy atom. The fourth-order valence-corrected chi connectivity index (χ4v) is 3.88. The Balaban J connectivity index is 2.02. The number of rotatable bonds is 7. The summed E-state index contributed by atoms with van der Waals surface area (Å²) in [5.74, 6) is 0.467. The molecule has 1 heterocycles. The van der Waals surface area contributed by atoms with Crippen LogP contribution in [0.1, 0.15) is 43.9 Å². The zero-order valence-corrected chi connectivity index (χ0v) is 20.0. The summed E-state index contributed by atoms with van der Waals surface area (Å²) in [6.45, 7) is 6.12. The highest BCUT2D eigenvalue weighted by Gasteiger charge is 2.38. The summed E-state index contributed by atoms with van der Waals surface area (Å²) in [5, 5.41) is 3.40. The van der Waals surface area contributed by atoms with Gasteiger partial charge in [-0.05, 0) is 42.2 Å². The number of ether oxygens (including phenoxy) is 2. The van der Waals surface area contributed by atoms with Crippen molar-refractivity contribution in [3.63, 3.8) is 0 Å². The van der Waals surface area contributed by atoms with Crippen molar-refractivity contribution < 1.29 is 19.1 Å². The minimum absolute atomic E-state index is 0.00617. The van der Waals surface area contributed by atoms with Crippen molar-refractivity contribution in [3.05, 3.63) is 74.9 Å². The van der Waals surface area contributed by atoms with Gasteiger partial charge in [0.25, 0.3) is 0 Å². The van der Waals surface area contributed by atoms with Crippen LogP contribution in [0.4, 0.5) is 4.79 Å². The molecule has 0 saturated carbocycles. The SMILES string of the molecule is CCOC(=O)C1=C(COc2ccc(C(C)C)cc2)N(C)C(=O)N[C@H]1c1cccc(Cl)c1Cl. The van der Waals surface area contributed by atoms with Gasteiger partial charge >= 0.3 is 12.0 Å². The summed E-state index contributed by atoms with van der Waals surface area (Å²) >= 11 is 12.6. The van der Waals surface area contributed by atoms with Gasteiger partial charge in [0.15, 0.2) is 0 Å². The quantitative estimate of drug-likeness (QED) is 0.519. The van der Waals surface area contributed by atoms with Gasteiger partial charge in [-0.25, -0.2) is 9.59 Å². The van der Waals surface area contributed by atoms with Crippen LogP contribution in [0.5, 0.6) is 5.75 Å². The Bertz CT molecular complexity index is 1030. The lowest BCUT2D eigenvalue weighted by atomic mass is 9.94. The van der Waals surface area contributed by atoms with Gasteiger partial charge in [-0.2, -0.15) is 0 Å². The molecule has 0 aromatic heterocycles. The van der Waals surface area contributed by atoms with E-state index in [2.05, 4.69) is 19.2 Å². The molecule has 1 atom stereocenters. The van der Waals surface area contributed by atoms with Crippen LogP contribution in [0.3, 0.4) is 0 Å². The minimum Gasteiger partial charge on any atom is -0.487 e. The van der Waals surface area contributed by atoms with Crippen molar-refractivity contribution in [2.75, 3.05) is 20.3 Å². The first-order valence-electron chi connectivity index (χ1n) is 10.4. The number of carbonyl (C=O) groups is 2. The summed E-state index contributed by atoms with van der Waals surface area (Å²) in [4.78, 5) is 27.1. The zero-order valence-electron chi connectivity index (χ0n) is 18.4. The number of urea groups is 1. The van der Waals surface area contributed by atoms with Crippen LogP contribution in [0.2, 0.25) is 10.0 Å². The van der Waals surface area contributed by atoms with Crippen LogP contribution in [-0.4, -0.2) is 37.2 Å².